The largest absolute Gasteiger partial charge is 0.454 e. The number of aromatic amines is 1. The quantitative estimate of drug-likeness (QED) is 0.102. The number of hydrogen-bond donors (Lipinski definition) is 5. The lowest BCUT2D eigenvalue weighted by Crippen LogP contribution is -2.27. The second kappa shape index (κ2) is 17.6. The maximum Gasteiger partial charge on any atom is 0.255 e. The zero-order valence-corrected chi connectivity index (χ0v) is 25.7. The molecule has 4 amide bonds. The van der Waals surface area contributed by atoms with Gasteiger partial charge >= 0.3 is 0 Å². The summed E-state index contributed by atoms with van der Waals surface area (Å²) in [6.07, 6.45) is 4.50. The lowest BCUT2D eigenvalue weighted by atomic mass is 10.1. The number of nitrogens with one attached hydrogen (secondary N) is 5. The van der Waals surface area contributed by atoms with E-state index in [9.17, 15) is 28.0 Å². The Bertz CT molecular complexity index is 1660. The molecule has 4 aromatic rings. The molecule has 2 aromatic carbocycles. The Hall–Kier alpha value is -5.59. The molecule has 5 N–H and O–H groups in total. The summed E-state index contributed by atoms with van der Waals surface area (Å²) in [5, 5.41) is 10.4. The molecule has 2 heterocycles. The fourth-order valence-electron chi connectivity index (χ4n) is 4.00. The molecule has 0 radical (unpaired) electrons. The van der Waals surface area contributed by atoms with Gasteiger partial charge in [0.25, 0.3) is 11.8 Å². The number of rotatable bonds is 13. The van der Waals surface area contributed by atoms with Gasteiger partial charge in [0, 0.05) is 50.1 Å². The average molecular weight is 635 g/mol. The minimum absolute atomic E-state index is 0.0129. The van der Waals surface area contributed by atoms with Crippen LogP contribution in [0.3, 0.4) is 0 Å². The van der Waals surface area contributed by atoms with Crippen LogP contribution in [0.1, 0.15) is 53.0 Å². The summed E-state index contributed by atoms with van der Waals surface area (Å²) >= 11 is 0. The van der Waals surface area contributed by atoms with Crippen LogP contribution in [0.2, 0.25) is 0 Å². The third-order valence-electron chi connectivity index (χ3n) is 6.27. The normalized spacial score (nSPS) is 10.2. The zero-order valence-electron chi connectivity index (χ0n) is 25.7. The molecule has 0 saturated heterocycles. The topological polar surface area (TPSA) is 154 Å². The smallest absolute Gasteiger partial charge is 0.255 e. The predicted octanol–water partition coefficient (Wildman–Crippen LogP) is 5.11. The van der Waals surface area contributed by atoms with Gasteiger partial charge < -0.3 is 31.0 Å². The van der Waals surface area contributed by atoms with Crippen molar-refractivity contribution >= 4 is 29.8 Å². The number of carbonyl (C=O) groups excluding carboxylic acids is 4. The molecule has 0 bridgehead atoms. The second-order valence-electron chi connectivity index (χ2n) is 9.85. The van der Waals surface area contributed by atoms with Crippen molar-refractivity contribution in [2.45, 2.75) is 33.6 Å². The molecule has 0 aliphatic carbocycles. The summed E-state index contributed by atoms with van der Waals surface area (Å²) in [5.74, 6) is -2.26. The number of H-pyrrole nitrogens is 1. The van der Waals surface area contributed by atoms with E-state index in [4.69, 9.17) is 4.74 Å². The molecular formula is C33H36F2N6O5. The van der Waals surface area contributed by atoms with Crippen molar-refractivity contribution in [3.63, 3.8) is 0 Å². The summed E-state index contributed by atoms with van der Waals surface area (Å²) in [5.41, 5.74) is 2.18. The van der Waals surface area contributed by atoms with E-state index in [0.29, 0.717) is 49.3 Å². The van der Waals surface area contributed by atoms with Crippen LogP contribution in [0.5, 0.6) is 11.5 Å². The number of nitrogens with zero attached hydrogens (tertiary/aromatic N) is 1. The van der Waals surface area contributed by atoms with Crippen molar-refractivity contribution in [3.05, 3.63) is 95.3 Å². The van der Waals surface area contributed by atoms with Gasteiger partial charge in [0.1, 0.15) is 11.6 Å². The number of anilines is 1. The van der Waals surface area contributed by atoms with Crippen LogP contribution in [-0.2, 0) is 9.59 Å². The second-order valence-corrected chi connectivity index (χ2v) is 9.85. The van der Waals surface area contributed by atoms with E-state index in [1.165, 1.54) is 42.7 Å². The molecule has 0 spiro atoms. The highest BCUT2D eigenvalue weighted by Crippen LogP contribution is 2.29. The Morgan fingerprint density at radius 1 is 0.913 bits per heavy atom. The van der Waals surface area contributed by atoms with E-state index in [2.05, 4.69) is 31.2 Å². The number of carbonyl (C=O) groups is 4. The number of amides is 4. The van der Waals surface area contributed by atoms with Gasteiger partial charge in [0.2, 0.25) is 12.3 Å². The van der Waals surface area contributed by atoms with E-state index < -0.39 is 17.5 Å². The van der Waals surface area contributed by atoms with Gasteiger partial charge in [-0.05, 0) is 75.2 Å². The number of ether oxygens (including phenoxy) is 1. The Morgan fingerprint density at radius 3 is 2.41 bits per heavy atom. The Balaban J connectivity index is 0.00000107. The van der Waals surface area contributed by atoms with Gasteiger partial charge in [-0.2, -0.15) is 0 Å². The van der Waals surface area contributed by atoms with Crippen LogP contribution in [0, 0.1) is 18.6 Å². The van der Waals surface area contributed by atoms with E-state index in [1.807, 2.05) is 13.8 Å². The number of pyridine rings is 1. The van der Waals surface area contributed by atoms with Gasteiger partial charge in [-0.3, -0.25) is 24.2 Å². The maximum atomic E-state index is 14.6. The lowest BCUT2D eigenvalue weighted by molar-refractivity contribution is -0.121. The molecule has 0 saturated carbocycles. The summed E-state index contributed by atoms with van der Waals surface area (Å²) in [4.78, 5) is 53.3. The lowest BCUT2D eigenvalue weighted by Gasteiger charge is -2.11. The van der Waals surface area contributed by atoms with E-state index in [1.54, 1.807) is 25.1 Å². The zero-order chi connectivity index (χ0) is 33.5. The van der Waals surface area contributed by atoms with Crippen LogP contribution >= 0.6 is 0 Å². The van der Waals surface area contributed by atoms with Crippen molar-refractivity contribution < 1.29 is 32.7 Å². The van der Waals surface area contributed by atoms with Crippen LogP contribution in [0.25, 0.3) is 11.4 Å². The Labute approximate surface area is 265 Å². The molecule has 11 nitrogen and oxygen atoms in total. The molecule has 0 atom stereocenters. The molecule has 0 unspecified atom stereocenters. The SMILES string of the molecule is CCNC(=O)CCCNC(=O)c1c[nH]c(-c2cc(Oc3cc(C(=O)Nc4cc(C)ccc4F)ccc3F)ccn2)c1.CCNC=O. The highest BCUT2D eigenvalue weighted by molar-refractivity contribution is 6.04. The molecule has 0 fully saturated rings. The molecular weight excluding hydrogens is 598 g/mol. The van der Waals surface area contributed by atoms with Crippen LogP contribution in [-0.4, -0.2) is 53.7 Å². The number of aryl methyl sites for hydroxylation is 1. The van der Waals surface area contributed by atoms with Gasteiger partial charge in [-0.1, -0.05) is 6.07 Å². The standard InChI is InChI=1S/C30H29F2N5O4.C3H7NO/c1-3-33-28(38)5-4-11-35-29(39)20-14-25(36-17-20)26-16-21(10-12-34-26)41-27-15-19(7-9-23(27)32)30(40)37-24-13-18(2)6-8-22(24)31;1-2-4-3-5/h6-10,12-17,36H,3-5,11H2,1-2H3,(H,33,38)(H,35,39)(H,37,40);3H,2H2,1H3,(H,4,5). The Morgan fingerprint density at radius 2 is 1.70 bits per heavy atom. The van der Waals surface area contributed by atoms with E-state index in [0.717, 1.165) is 18.2 Å². The monoisotopic (exact) mass is 634 g/mol. The van der Waals surface area contributed by atoms with Gasteiger partial charge in [-0.15, -0.1) is 0 Å². The summed E-state index contributed by atoms with van der Waals surface area (Å²) < 4.78 is 34.4. The first-order chi connectivity index (χ1) is 22.1. The first-order valence-corrected chi connectivity index (χ1v) is 14.6. The highest BCUT2D eigenvalue weighted by Gasteiger charge is 2.15. The summed E-state index contributed by atoms with van der Waals surface area (Å²) in [6.45, 7) is 7.11. The fourth-order valence-corrected chi connectivity index (χ4v) is 4.00. The van der Waals surface area contributed by atoms with Crippen LogP contribution in [0.15, 0.2) is 67.0 Å². The van der Waals surface area contributed by atoms with Crippen molar-refractivity contribution in [1.29, 1.82) is 0 Å². The third kappa shape index (κ3) is 10.5. The van der Waals surface area contributed by atoms with Crippen LogP contribution < -0.4 is 26.0 Å². The number of benzene rings is 2. The summed E-state index contributed by atoms with van der Waals surface area (Å²) in [6, 6.07) is 12.6. The molecule has 0 aliphatic rings. The van der Waals surface area contributed by atoms with Crippen molar-refractivity contribution in [2.24, 2.45) is 0 Å². The minimum atomic E-state index is -0.701. The highest BCUT2D eigenvalue weighted by atomic mass is 19.1. The number of aromatic nitrogens is 2. The maximum absolute atomic E-state index is 14.6. The molecule has 4 rings (SSSR count). The summed E-state index contributed by atoms with van der Waals surface area (Å²) in [7, 11) is 0. The molecule has 242 valence electrons. The first-order valence-electron chi connectivity index (χ1n) is 14.6. The van der Waals surface area contributed by atoms with Crippen LogP contribution in [0.4, 0.5) is 14.5 Å². The molecule has 46 heavy (non-hydrogen) atoms. The van der Waals surface area contributed by atoms with Gasteiger partial charge in [0.15, 0.2) is 11.6 Å². The van der Waals surface area contributed by atoms with Crippen molar-refractivity contribution in [2.75, 3.05) is 25.0 Å². The average Bonchev–Trinajstić information content (AvgIpc) is 3.54. The first kappa shape index (κ1) is 34.9. The van der Waals surface area contributed by atoms with Gasteiger partial charge in [-0.25, -0.2) is 8.78 Å². The molecule has 13 heteroatoms. The predicted molar refractivity (Wildman–Crippen MR) is 170 cm³/mol. The van der Waals surface area contributed by atoms with E-state index >= 15 is 0 Å². The van der Waals surface area contributed by atoms with Gasteiger partial charge in [0.05, 0.1) is 22.6 Å². The number of hydrogen-bond acceptors (Lipinski definition) is 6. The minimum Gasteiger partial charge on any atom is -0.454 e. The van der Waals surface area contributed by atoms with E-state index in [-0.39, 0.29) is 34.6 Å². The fraction of sp³-hybridized carbons (Fsp3) is 0.242. The Kier molecular flexibility index (Phi) is 13.4. The van der Waals surface area contributed by atoms with Crippen molar-refractivity contribution in [1.82, 2.24) is 25.9 Å². The molecule has 0 aliphatic heterocycles. The number of halogens is 2. The van der Waals surface area contributed by atoms with Crippen molar-refractivity contribution in [3.8, 4) is 22.9 Å². The third-order valence-corrected chi connectivity index (χ3v) is 6.27. The molecule has 2 aromatic heterocycles.